The van der Waals surface area contributed by atoms with Crippen molar-refractivity contribution in [1.82, 2.24) is 20.3 Å². The van der Waals surface area contributed by atoms with Crippen molar-refractivity contribution in [2.75, 3.05) is 36.4 Å². The van der Waals surface area contributed by atoms with Gasteiger partial charge in [-0.25, -0.2) is 9.97 Å². The third-order valence-electron chi connectivity index (χ3n) is 5.11. The average Bonchev–Trinajstić information content (AvgIpc) is 3.29. The second kappa shape index (κ2) is 8.17. The van der Waals surface area contributed by atoms with Crippen molar-refractivity contribution in [3.8, 4) is 11.4 Å². The van der Waals surface area contributed by atoms with Gasteiger partial charge in [-0.05, 0) is 35.0 Å². The summed E-state index contributed by atoms with van der Waals surface area (Å²) in [7, 11) is 0. The lowest BCUT2D eigenvalue weighted by Gasteiger charge is -2.30. The number of rotatable bonds is 4. The molecule has 0 unspecified atom stereocenters. The monoisotopic (exact) mass is 416 g/mol. The summed E-state index contributed by atoms with van der Waals surface area (Å²) in [6.07, 6.45) is 5.06. The fourth-order valence-electron chi connectivity index (χ4n) is 3.64. The summed E-state index contributed by atoms with van der Waals surface area (Å²) in [6.45, 7) is 3.60. The van der Waals surface area contributed by atoms with E-state index in [4.69, 9.17) is 0 Å². The van der Waals surface area contributed by atoms with Gasteiger partial charge in [-0.3, -0.25) is 9.78 Å². The van der Waals surface area contributed by atoms with Gasteiger partial charge in [0.15, 0.2) is 5.82 Å². The molecule has 5 rings (SSSR count). The first-order valence-electron chi connectivity index (χ1n) is 9.80. The highest BCUT2D eigenvalue weighted by atomic mass is 32.1. The predicted octanol–water partition coefficient (Wildman–Crippen LogP) is 3.42. The first-order valence-corrected chi connectivity index (χ1v) is 10.7. The molecule has 1 aromatic carbocycles. The number of carbonyl (C=O) groups is 1. The van der Waals surface area contributed by atoms with E-state index in [1.54, 1.807) is 36.0 Å². The Kier molecular flexibility index (Phi) is 5.08. The highest BCUT2D eigenvalue weighted by molar-refractivity contribution is 7.17. The maximum atomic E-state index is 13.0. The van der Waals surface area contributed by atoms with Crippen LogP contribution in [0.2, 0.25) is 0 Å². The lowest BCUT2D eigenvalue weighted by molar-refractivity contribution is 0.102. The SMILES string of the molecule is O=C(Nc1cnccc1N1CCNCC1)c1ccnc(-c2cccc3ccsc23)n1. The summed E-state index contributed by atoms with van der Waals surface area (Å²) >= 11 is 1.64. The largest absolute Gasteiger partial charge is 0.367 e. The Labute approximate surface area is 177 Å². The normalized spacial score (nSPS) is 14.1. The molecule has 0 spiro atoms. The Morgan fingerprint density at radius 2 is 2.00 bits per heavy atom. The Morgan fingerprint density at radius 3 is 2.90 bits per heavy atom. The highest BCUT2D eigenvalue weighted by Crippen LogP contribution is 2.31. The number of hydrogen-bond donors (Lipinski definition) is 2. The third kappa shape index (κ3) is 3.62. The quantitative estimate of drug-likeness (QED) is 0.530. The molecule has 0 bridgehead atoms. The fourth-order valence-corrected chi connectivity index (χ4v) is 4.54. The first-order chi connectivity index (χ1) is 14.8. The number of benzene rings is 1. The van der Waals surface area contributed by atoms with Gasteiger partial charge < -0.3 is 15.5 Å². The zero-order valence-corrected chi connectivity index (χ0v) is 17.0. The maximum Gasteiger partial charge on any atom is 0.274 e. The van der Waals surface area contributed by atoms with Gasteiger partial charge in [0.25, 0.3) is 5.91 Å². The van der Waals surface area contributed by atoms with Crippen LogP contribution >= 0.6 is 11.3 Å². The van der Waals surface area contributed by atoms with Gasteiger partial charge in [0.05, 0.1) is 17.6 Å². The van der Waals surface area contributed by atoms with E-state index in [2.05, 4.69) is 42.6 Å². The van der Waals surface area contributed by atoms with E-state index in [1.165, 1.54) is 0 Å². The standard InChI is InChI=1S/C22H20N6OS/c29-22(27-18-14-24-7-5-19(18)28-11-9-23-10-12-28)17-4-8-25-21(26-17)16-3-1-2-15-6-13-30-20(15)16/h1-8,13-14,23H,9-12H2,(H,27,29). The molecular formula is C22H20N6OS. The fraction of sp³-hybridized carbons (Fsp3) is 0.182. The zero-order valence-electron chi connectivity index (χ0n) is 16.2. The minimum atomic E-state index is -0.276. The number of fused-ring (bicyclic) bond motifs is 1. The minimum absolute atomic E-state index is 0.276. The lowest BCUT2D eigenvalue weighted by atomic mass is 10.1. The van der Waals surface area contributed by atoms with Crippen LogP contribution in [0.15, 0.2) is 60.4 Å². The van der Waals surface area contributed by atoms with E-state index in [9.17, 15) is 4.79 Å². The molecular weight excluding hydrogens is 396 g/mol. The second-order valence-electron chi connectivity index (χ2n) is 6.99. The molecule has 1 amide bonds. The van der Waals surface area contributed by atoms with Crippen LogP contribution in [0, 0.1) is 0 Å². The van der Waals surface area contributed by atoms with Gasteiger partial charge in [0, 0.05) is 48.8 Å². The number of pyridine rings is 1. The van der Waals surface area contributed by atoms with E-state index in [-0.39, 0.29) is 5.91 Å². The molecule has 1 saturated heterocycles. The van der Waals surface area contributed by atoms with Crippen LogP contribution in [0.4, 0.5) is 11.4 Å². The van der Waals surface area contributed by atoms with Crippen LogP contribution < -0.4 is 15.5 Å². The van der Waals surface area contributed by atoms with E-state index in [0.717, 1.165) is 47.5 Å². The lowest BCUT2D eigenvalue weighted by Crippen LogP contribution is -2.43. The Hall–Kier alpha value is -3.36. The molecule has 0 radical (unpaired) electrons. The van der Waals surface area contributed by atoms with Crippen molar-refractivity contribution < 1.29 is 4.79 Å². The van der Waals surface area contributed by atoms with Crippen LogP contribution in [-0.4, -0.2) is 47.0 Å². The van der Waals surface area contributed by atoms with Crippen LogP contribution in [0.3, 0.4) is 0 Å². The Morgan fingerprint density at radius 1 is 1.10 bits per heavy atom. The molecule has 1 aliphatic heterocycles. The van der Waals surface area contributed by atoms with Crippen molar-refractivity contribution in [2.45, 2.75) is 0 Å². The molecule has 0 saturated carbocycles. The minimum Gasteiger partial charge on any atom is -0.367 e. The number of anilines is 2. The van der Waals surface area contributed by atoms with Gasteiger partial charge in [0.2, 0.25) is 0 Å². The number of nitrogens with one attached hydrogen (secondary N) is 2. The van der Waals surface area contributed by atoms with E-state index >= 15 is 0 Å². The Bertz CT molecular complexity index is 1200. The number of amides is 1. The van der Waals surface area contributed by atoms with Crippen molar-refractivity contribution >= 4 is 38.7 Å². The second-order valence-corrected chi connectivity index (χ2v) is 7.91. The number of thiophene rings is 1. The van der Waals surface area contributed by atoms with Gasteiger partial charge in [0.1, 0.15) is 5.69 Å². The number of hydrogen-bond acceptors (Lipinski definition) is 7. The summed E-state index contributed by atoms with van der Waals surface area (Å²) in [5, 5.41) is 9.52. The summed E-state index contributed by atoms with van der Waals surface area (Å²) in [6, 6.07) is 11.7. The molecule has 1 fully saturated rings. The molecule has 0 aliphatic carbocycles. The van der Waals surface area contributed by atoms with Gasteiger partial charge in [-0.1, -0.05) is 12.1 Å². The van der Waals surface area contributed by atoms with E-state index in [0.29, 0.717) is 17.2 Å². The van der Waals surface area contributed by atoms with E-state index < -0.39 is 0 Å². The molecule has 1 aliphatic rings. The zero-order chi connectivity index (χ0) is 20.3. The number of nitrogens with zero attached hydrogens (tertiary/aromatic N) is 4. The van der Waals surface area contributed by atoms with Crippen molar-refractivity contribution in [3.05, 3.63) is 66.1 Å². The molecule has 4 aromatic rings. The summed E-state index contributed by atoms with van der Waals surface area (Å²) in [5.74, 6) is 0.269. The van der Waals surface area contributed by atoms with Crippen LogP contribution in [0.1, 0.15) is 10.5 Å². The van der Waals surface area contributed by atoms with Gasteiger partial charge in [-0.2, -0.15) is 0 Å². The Balaban J connectivity index is 1.43. The molecule has 4 heterocycles. The van der Waals surface area contributed by atoms with Crippen molar-refractivity contribution in [1.29, 1.82) is 0 Å². The number of aromatic nitrogens is 3. The molecule has 0 atom stereocenters. The summed E-state index contributed by atoms with van der Waals surface area (Å²) in [4.78, 5) is 28.4. The predicted molar refractivity (Wildman–Crippen MR) is 120 cm³/mol. The average molecular weight is 417 g/mol. The van der Waals surface area contributed by atoms with Crippen molar-refractivity contribution in [3.63, 3.8) is 0 Å². The van der Waals surface area contributed by atoms with Gasteiger partial charge in [-0.15, -0.1) is 11.3 Å². The summed E-state index contributed by atoms with van der Waals surface area (Å²) in [5.41, 5.74) is 2.91. The van der Waals surface area contributed by atoms with Gasteiger partial charge >= 0.3 is 0 Å². The van der Waals surface area contributed by atoms with Crippen LogP contribution in [0.5, 0.6) is 0 Å². The topological polar surface area (TPSA) is 83.0 Å². The van der Waals surface area contributed by atoms with Crippen LogP contribution in [-0.2, 0) is 0 Å². The van der Waals surface area contributed by atoms with E-state index in [1.807, 2.05) is 23.6 Å². The molecule has 7 nitrogen and oxygen atoms in total. The van der Waals surface area contributed by atoms with Crippen LogP contribution in [0.25, 0.3) is 21.5 Å². The molecule has 2 N–H and O–H groups in total. The highest BCUT2D eigenvalue weighted by Gasteiger charge is 2.18. The third-order valence-corrected chi connectivity index (χ3v) is 6.08. The van der Waals surface area contributed by atoms with Crippen molar-refractivity contribution in [2.24, 2.45) is 0 Å². The molecule has 150 valence electrons. The first kappa shape index (κ1) is 18.7. The molecule has 8 heteroatoms. The molecule has 3 aromatic heterocycles. The maximum absolute atomic E-state index is 13.0. The number of piperazine rings is 1. The smallest absolute Gasteiger partial charge is 0.274 e. The summed E-state index contributed by atoms with van der Waals surface area (Å²) < 4.78 is 1.11. The molecule has 30 heavy (non-hydrogen) atoms. The number of carbonyl (C=O) groups excluding carboxylic acids is 1.